The zero-order valence-electron chi connectivity index (χ0n) is 10.9. The molecule has 18 heavy (non-hydrogen) atoms. The molecule has 2 nitrogen and oxygen atoms in total. The van der Waals surface area contributed by atoms with Gasteiger partial charge < -0.3 is 0 Å². The minimum absolute atomic E-state index is 0.508. The molecule has 0 amide bonds. The van der Waals surface area contributed by atoms with Crippen LogP contribution in [0.2, 0.25) is 5.15 Å². The first kappa shape index (κ1) is 14.3. The zero-order chi connectivity index (χ0) is 13.0. The van der Waals surface area contributed by atoms with Crippen molar-refractivity contribution >= 4 is 27.5 Å². The number of nitrogens with zero attached hydrogens (tertiary/aromatic N) is 2. The van der Waals surface area contributed by atoms with E-state index in [2.05, 4.69) is 27.8 Å². The maximum absolute atomic E-state index is 6.22. The lowest BCUT2D eigenvalue weighted by molar-refractivity contribution is 0.556. The maximum atomic E-state index is 6.22. The second-order valence-electron chi connectivity index (χ2n) is 5.07. The first-order valence-corrected chi connectivity index (χ1v) is 8.11. The second kappa shape index (κ2) is 6.85. The van der Waals surface area contributed by atoms with Crippen LogP contribution in [0.5, 0.6) is 0 Å². The summed E-state index contributed by atoms with van der Waals surface area (Å²) in [5.41, 5.74) is 1.07. The zero-order valence-corrected chi connectivity index (χ0v) is 13.2. The predicted molar refractivity (Wildman–Crippen MR) is 79.2 cm³/mol. The van der Waals surface area contributed by atoms with Crippen LogP contribution in [0.15, 0.2) is 4.47 Å². The lowest BCUT2D eigenvalue weighted by Gasteiger charge is -2.15. The molecule has 0 spiro atoms. The van der Waals surface area contributed by atoms with Gasteiger partial charge in [0.05, 0.1) is 10.2 Å². The summed E-state index contributed by atoms with van der Waals surface area (Å²) in [6.45, 7) is 2.16. The third-order valence-electron chi connectivity index (χ3n) is 3.60. The van der Waals surface area contributed by atoms with Crippen LogP contribution in [-0.2, 0) is 6.42 Å². The Balaban J connectivity index is 2.26. The fourth-order valence-corrected chi connectivity index (χ4v) is 3.17. The van der Waals surface area contributed by atoms with E-state index in [1.807, 2.05) is 0 Å². The van der Waals surface area contributed by atoms with Gasteiger partial charge in [0.1, 0.15) is 11.0 Å². The summed E-state index contributed by atoms with van der Waals surface area (Å²) in [4.78, 5) is 9.23. The number of halogens is 2. The Labute approximate surface area is 123 Å². The molecule has 1 aromatic rings. The van der Waals surface area contributed by atoms with E-state index in [1.165, 1.54) is 38.5 Å². The van der Waals surface area contributed by atoms with Crippen molar-refractivity contribution in [3.63, 3.8) is 0 Å². The molecule has 100 valence electrons. The predicted octanol–water partition coefficient (Wildman–Crippen LogP) is 5.28. The lowest BCUT2D eigenvalue weighted by Crippen LogP contribution is -2.07. The second-order valence-corrected chi connectivity index (χ2v) is 6.22. The summed E-state index contributed by atoms with van der Waals surface area (Å²) >= 11 is 9.71. The average molecular weight is 332 g/mol. The highest BCUT2D eigenvalue weighted by Gasteiger charge is 2.19. The molecule has 0 aromatic carbocycles. The number of aromatic nitrogens is 2. The van der Waals surface area contributed by atoms with Gasteiger partial charge in [-0.05, 0) is 35.2 Å². The molecule has 1 saturated carbocycles. The standard InChI is InChI=1S/C14H20BrClN2/c1-2-7-11-12(15)13(16)18-14(17-11)10-8-5-3-4-6-9-10/h10H,2-9H2,1H3. The van der Waals surface area contributed by atoms with Crippen molar-refractivity contribution in [3.8, 4) is 0 Å². The molecular weight excluding hydrogens is 312 g/mol. The van der Waals surface area contributed by atoms with Crippen molar-refractivity contribution in [2.75, 3.05) is 0 Å². The van der Waals surface area contributed by atoms with Crippen LogP contribution in [0.4, 0.5) is 0 Å². The van der Waals surface area contributed by atoms with E-state index >= 15 is 0 Å². The van der Waals surface area contributed by atoms with Crippen LogP contribution in [0.25, 0.3) is 0 Å². The first-order valence-electron chi connectivity index (χ1n) is 6.94. The molecule has 4 heteroatoms. The molecule has 0 atom stereocenters. The fraction of sp³-hybridized carbons (Fsp3) is 0.714. The molecular formula is C14H20BrClN2. The normalized spacial score (nSPS) is 17.7. The Bertz CT molecular complexity index is 401. The number of rotatable bonds is 3. The summed E-state index contributed by atoms with van der Waals surface area (Å²) in [5, 5.41) is 0.577. The third kappa shape index (κ3) is 3.45. The Kier molecular flexibility index (Phi) is 5.43. The highest BCUT2D eigenvalue weighted by Crippen LogP contribution is 2.32. The summed E-state index contributed by atoms with van der Waals surface area (Å²) in [6, 6.07) is 0. The van der Waals surface area contributed by atoms with Crippen molar-refractivity contribution in [3.05, 3.63) is 21.1 Å². The van der Waals surface area contributed by atoms with Gasteiger partial charge in [0.25, 0.3) is 0 Å². The highest BCUT2D eigenvalue weighted by atomic mass is 79.9. The van der Waals surface area contributed by atoms with Crippen LogP contribution in [0, 0.1) is 0 Å². The van der Waals surface area contributed by atoms with E-state index in [1.54, 1.807) is 0 Å². The number of hydrogen-bond acceptors (Lipinski definition) is 2. The van der Waals surface area contributed by atoms with Gasteiger partial charge in [-0.25, -0.2) is 9.97 Å². The molecule has 1 aliphatic rings. The van der Waals surface area contributed by atoms with Crippen LogP contribution in [0.1, 0.15) is 69.3 Å². The van der Waals surface area contributed by atoms with E-state index in [0.717, 1.165) is 28.8 Å². The van der Waals surface area contributed by atoms with E-state index in [4.69, 9.17) is 16.6 Å². The van der Waals surface area contributed by atoms with E-state index in [-0.39, 0.29) is 0 Å². The maximum Gasteiger partial charge on any atom is 0.147 e. The molecule has 1 aliphatic carbocycles. The van der Waals surface area contributed by atoms with Crippen molar-refractivity contribution in [2.45, 2.75) is 64.2 Å². The van der Waals surface area contributed by atoms with E-state index in [9.17, 15) is 0 Å². The van der Waals surface area contributed by atoms with Crippen LogP contribution < -0.4 is 0 Å². The van der Waals surface area contributed by atoms with Gasteiger partial charge in [-0.15, -0.1) is 0 Å². The minimum Gasteiger partial charge on any atom is -0.236 e. The van der Waals surface area contributed by atoms with Gasteiger partial charge >= 0.3 is 0 Å². The molecule has 0 saturated heterocycles. The average Bonchev–Trinajstić information content (AvgIpc) is 2.63. The molecule has 1 aromatic heterocycles. The Morgan fingerprint density at radius 1 is 1.17 bits per heavy atom. The highest BCUT2D eigenvalue weighted by molar-refractivity contribution is 9.10. The summed E-state index contributed by atoms with van der Waals surface area (Å²) in [6.07, 6.45) is 9.76. The Morgan fingerprint density at radius 2 is 1.83 bits per heavy atom. The summed E-state index contributed by atoms with van der Waals surface area (Å²) in [5.74, 6) is 1.47. The van der Waals surface area contributed by atoms with Gasteiger partial charge in [0.15, 0.2) is 0 Å². The molecule has 2 rings (SSSR count). The van der Waals surface area contributed by atoms with Crippen LogP contribution >= 0.6 is 27.5 Å². The Hall–Kier alpha value is -0.150. The minimum atomic E-state index is 0.508. The van der Waals surface area contributed by atoms with Gasteiger partial charge in [-0.2, -0.15) is 0 Å². The van der Waals surface area contributed by atoms with Crippen molar-refractivity contribution in [1.29, 1.82) is 0 Å². The monoisotopic (exact) mass is 330 g/mol. The Morgan fingerprint density at radius 3 is 2.44 bits per heavy atom. The van der Waals surface area contributed by atoms with Crippen molar-refractivity contribution in [1.82, 2.24) is 9.97 Å². The topological polar surface area (TPSA) is 25.8 Å². The van der Waals surface area contributed by atoms with E-state index in [0.29, 0.717) is 11.1 Å². The molecule has 0 radical (unpaired) electrons. The first-order chi connectivity index (χ1) is 8.72. The van der Waals surface area contributed by atoms with Crippen LogP contribution in [-0.4, -0.2) is 9.97 Å². The number of hydrogen-bond donors (Lipinski definition) is 0. The SMILES string of the molecule is CCCc1nc(C2CCCCCC2)nc(Cl)c1Br. The van der Waals surface area contributed by atoms with Crippen molar-refractivity contribution in [2.24, 2.45) is 0 Å². The summed E-state index contributed by atoms with van der Waals surface area (Å²) < 4.78 is 0.878. The third-order valence-corrected chi connectivity index (χ3v) is 4.94. The fourth-order valence-electron chi connectivity index (χ4n) is 2.60. The lowest BCUT2D eigenvalue weighted by atomic mass is 9.99. The summed E-state index contributed by atoms with van der Waals surface area (Å²) in [7, 11) is 0. The number of aryl methyl sites for hydroxylation is 1. The van der Waals surface area contributed by atoms with Gasteiger partial charge in [-0.3, -0.25) is 0 Å². The quantitative estimate of drug-likeness (QED) is 0.556. The largest absolute Gasteiger partial charge is 0.236 e. The van der Waals surface area contributed by atoms with Crippen molar-refractivity contribution < 1.29 is 0 Å². The van der Waals surface area contributed by atoms with Crippen LogP contribution in [0.3, 0.4) is 0 Å². The van der Waals surface area contributed by atoms with Gasteiger partial charge in [-0.1, -0.05) is 50.6 Å². The molecule has 1 heterocycles. The molecule has 0 bridgehead atoms. The van der Waals surface area contributed by atoms with E-state index < -0.39 is 0 Å². The van der Waals surface area contributed by atoms with Gasteiger partial charge in [0.2, 0.25) is 0 Å². The smallest absolute Gasteiger partial charge is 0.147 e. The molecule has 0 unspecified atom stereocenters. The molecule has 1 fully saturated rings. The molecule has 0 aliphatic heterocycles. The van der Waals surface area contributed by atoms with Gasteiger partial charge in [0, 0.05) is 5.92 Å². The molecule has 0 N–H and O–H groups in total.